The Morgan fingerprint density at radius 3 is 2.62 bits per heavy atom. The molecule has 1 amide bonds. The molecule has 29 heavy (non-hydrogen) atoms. The predicted molar refractivity (Wildman–Crippen MR) is 115 cm³/mol. The Bertz CT molecular complexity index is 847. The molecule has 0 unspecified atom stereocenters. The van der Waals surface area contributed by atoms with E-state index in [2.05, 4.69) is 27.9 Å². The number of nitrogens with one attached hydrogen (secondary N) is 1. The lowest BCUT2D eigenvalue weighted by Crippen LogP contribution is -2.39. The largest absolute Gasteiger partial charge is 0.506 e. The van der Waals surface area contributed by atoms with Crippen LogP contribution in [-0.2, 0) is 6.54 Å². The number of aldehydes is 1. The molecule has 9 heteroatoms. The Morgan fingerprint density at radius 1 is 1.38 bits per heavy atom. The van der Waals surface area contributed by atoms with Gasteiger partial charge in [-0.3, -0.25) is 19.3 Å². The Labute approximate surface area is 171 Å². The SMILES string of the molecule is C=Nc1cc(C=O)cc(O)c1N(CCC)CNC(=O)c1cc(C)nn1CC.CN. The highest BCUT2D eigenvalue weighted by atomic mass is 16.3. The fraction of sp³-hybridized carbons (Fsp3) is 0.400. The molecule has 0 spiro atoms. The average Bonchev–Trinajstić information content (AvgIpc) is 3.12. The molecule has 0 aliphatic carbocycles. The van der Waals surface area contributed by atoms with Crippen molar-refractivity contribution in [3.63, 3.8) is 0 Å². The fourth-order valence-electron chi connectivity index (χ4n) is 2.90. The lowest BCUT2D eigenvalue weighted by molar-refractivity contribution is 0.0942. The quantitative estimate of drug-likeness (QED) is 0.335. The first-order chi connectivity index (χ1) is 13.9. The highest BCUT2D eigenvalue weighted by Gasteiger charge is 2.19. The summed E-state index contributed by atoms with van der Waals surface area (Å²) in [6.07, 6.45) is 1.42. The van der Waals surface area contributed by atoms with Gasteiger partial charge in [-0.25, -0.2) is 0 Å². The lowest BCUT2D eigenvalue weighted by Gasteiger charge is -2.27. The van der Waals surface area contributed by atoms with Gasteiger partial charge in [0.1, 0.15) is 23.4 Å². The van der Waals surface area contributed by atoms with Crippen molar-refractivity contribution in [1.82, 2.24) is 15.1 Å². The summed E-state index contributed by atoms with van der Waals surface area (Å²) in [6, 6.07) is 4.65. The number of nitrogens with two attached hydrogens (primary N) is 1. The standard InChI is InChI=1S/C19H25N5O3.CH5N/c1-5-7-23(18-15(20-4)9-14(11-25)10-17(18)26)12-21-19(27)16-8-13(3)22-24(16)6-2;1-2/h8-11,26H,4-7,12H2,1-3H3,(H,21,27);2H2,1H3. The van der Waals surface area contributed by atoms with Crippen molar-refractivity contribution < 1.29 is 14.7 Å². The number of rotatable bonds is 9. The van der Waals surface area contributed by atoms with Gasteiger partial charge in [0.25, 0.3) is 5.91 Å². The third kappa shape index (κ3) is 5.89. The van der Waals surface area contributed by atoms with Crippen LogP contribution >= 0.6 is 0 Å². The average molecular weight is 402 g/mol. The normalized spacial score (nSPS) is 9.97. The van der Waals surface area contributed by atoms with Crippen LogP contribution in [0.2, 0.25) is 0 Å². The third-order valence-electron chi connectivity index (χ3n) is 4.07. The van der Waals surface area contributed by atoms with Crippen molar-refractivity contribution in [3.05, 3.63) is 35.2 Å². The molecule has 0 fully saturated rings. The van der Waals surface area contributed by atoms with Gasteiger partial charge < -0.3 is 21.1 Å². The molecule has 0 aliphatic rings. The van der Waals surface area contributed by atoms with Gasteiger partial charge in [0, 0.05) is 18.7 Å². The lowest BCUT2D eigenvalue weighted by atomic mass is 10.1. The van der Waals surface area contributed by atoms with Gasteiger partial charge in [-0.2, -0.15) is 5.10 Å². The number of hydrogen-bond donors (Lipinski definition) is 3. The first-order valence-electron chi connectivity index (χ1n) is 9.39. The van der Waals surface area contributed by atoms with Crippen molar-refractivity contribution in [2.24, 2.45) is 10.7 Å². The summed E-state index contributed by atoms with van der Waals surface area (Å²) < 4.78 is 1.64. The first kappa shape index (κ1) is 23.8. The van der Waals surface area contributed by atoms with E-state index in [0.29, 0.717) is 42.0 Å². The number of phenolic OH excluding ortho intramolecular Hbond substituents is 1. The van der Waals surface area contributed by atoms with Crippen molar-refractivity contribution >= 4 is 30.3 Å². The van der Waals surface area contributed by atoms with E-state index in [1.807, 2.05) is 20.8 Å². The van der Waals surface area contributed by atoms with E-state index >= 15 is 0 Å². The van der Waals surface area contributed by atoms with Gasteiger partial charge in [-0.15, -0.1) is 0 Å². The highest BCUT2D eigenvalue weighted by molar-refractivity contribution is 5.93. The molecule has 0 radical (unpaired) electrons. The zero-order chi connectivity index (χ0) is 22.0. The molecule has 0 atom stereocenters. The second-order valence-corrected chi connectivity index (χ2v) is 6.10. The van der Waals surface area contributed by atoms with Crippen molar-refractivity contribution in [3.8, 4) is 5.75 Å². The number of carbonyl (C=O) groups excluding carboxylic acids is 2. The molecular weight excluding hydrogens is 372 g/mol. The molecule has 0 aliphatic heterocycles. The van der Waals surface area contributed by atoms with E-state index < -0.39 is 0 Å². The zero-order valence-corrected chi connectivity index (χ0v) is 17.5. The smallest absolute Gasteiger partial charge is 0.270 e. The topological polar surface area (TPSA) is 126 Å². The number of anilines is 1. The van der Waals surface area contributed by atoms with Crippen LogP contribution in [0.5, 0.6) is 5.75 Å². The summed E-state index contributed by atoms with van der Waals surface area (Å²) in [5, 5.41) is 17.5. The molecule has 0 saturated heterocycles. The van der Waals surface area contributed by atoms with Gasteiger partial charge in [-0.05, 0) is 52.2 Å². The maximum Gasteiger partial charge on any atom is 0.270 e. The van der Waals surface area contributed by atoms with E-state index in [1.54, 1.807) is 21.7 Å². The van der Waals surface area contributed by atoms with Crippen LogP contribution in [0.3, 0.4) is 0 Å². The van der Waals surface area contributed by atoms with Gasteiger partial charge in [-0.1, -0.05) is 6.92 Å². The van der Waals surface area contributed by atoms with E-state index in [0.717, 1.165) is 12.1 Å². The van der Waals surface area contributed by atoms with Crippen molar-refractivity contribution in [1.29, 1.82) is 0 Å². The molecule has 0 saturated carbocycles. The Kier molecular flexibility index (Phi) is 9.54. The second kappa shape index (κ2) is 11.6. The van der Waals surface area contributed by atoms with Crippen LogP contribution in [0.15, 0.2) is 23.2 Å². The van der Waals surface area contributed by atoms with Crippen LogP contribution in [0.1, 0.15) is 46.8 Å². The first-order valence-corrected chi connectivity index (χ1v) is 9.39. The minimum Gasteiger partial charge on any atom is -0.506 e. The summed E-state index contributed by atoms with van der Waals surface area (Å²) in [5.74, 6) is -0.338. The maximum absolute atomic E-state index is 12.6. The van der Waals surface area contributed by atoms with Crippen molar-refractivity contribution in [2.45, 2.75) is 33.7 Å². The summed E-state index contributed by atoms with van der Waals surface area (Å²) >= 11 is 0. The van der Waals surface area contributed by atoms with E-state index in [4.69, 9.17) is 0 Å². The van der Waals surface area contributed by atoms with Gasteiger partial charge >= 0.3 is 0 Å². The number of phenols is 1. The number of hydrogen-bond acceptors (Lipinski definition) is 7. The summed E-state index contributed by atoms with van der Waals surface area (Å²) in [5.41, 5.74) is 6.87. The van der Waals surface area contributed by atoms with Crippen LogP contribution in [-0.4, -0.2) is 54.1 Å². The predicted octanol–water partition coefficient (Wildman–Crippen LogP) is 2.24. The minimum absolute atomic E-state index is 0.0841. The van der Waals surface area contributed by atoms with Crippen LogP contribution in [0.25, 0.3) is 0 Å². The van der Waals surface area contributed by atoms with Gasteiger partial charge in [0.05, 0.1) is 18.1 Å². The van der Waals surface area contributed by atoms with Gasteiger partial charge in [0.2, 0.25) is 0 Å². The molecular formula is C20H30N6O3. The van der Waals surface area contributed by atoms with Crippen LogP contribution < -0.4 is 16.0 Å². The highest BCUT2D eigenvalue weighted by Crippen LogP contribution is 2.38. The Balaban J connectivity index is 0.00000204. The number of benzene rings is 1. The maximum atomic E-state index is 12.6. The molecule has 158 valence electrons. The number of nitrogens with zero attached hydrogens (tertiary/aromatic N) is 4. The van der Waals surface area contributed by atoms with Crippen LogP contribution in [0.4, 0.5) is 11.4 Å². The van der Waals surface area contributed by atoms with E-state index in [1.165, 1.54) is 13.1 Å². The number of aliphatic imine (C=N–C) groups is 1. The van der Waals surface area contributed by atoms with Gasteiger partial charge in [0.15, 0.2) is 0 Å². The monoisotopic (exact) mass is 402 g/mol. The fourth-order valence-corrected chi connectivity index (χ4v) is 2.90. The third-order valence-corrected chi connectivity index (χ3v) is 4.07. The zero-order valence-electron chi connectivity index (χ0n) is 17.5. The van der Waals surface area contributed by atoms with Crippen LogP contribution in [0, 0.1) is 6.92 Å². The summed E-state index contributed by atoms with van der Waals surface area (Å²) in [4.78, 5) is 29.3. The summed E-state index contributed by atoms with van der Waals surface area (Å²) in [7, 11) is 1.50. The number of amides is 1. The molecule has 9 nitrogen and oxygen atoms in total. The summed E-state index contributed by atoms with van der Waals surface area (Å²) in [6.45, 7) is 10.6. The molecule has 1 heterocycles. The van der Waals surface area contributed by atoms with E-state index in [9.17, 15) is 14.7 Å². The Hall–Kier alpha value is -3.20. The molecule has 1 aromatic heterocycles. The second-order valence-electron chi connectivity index (χ2n) is 6.10. The van der Waals surface area contributed by atoms with E-state index in [-0.39, 0.29) is 18.3 Å². The van der Waals surface area contributed by atoms with Crippen molar-refractivity contribution in [2.75, 3.05) is 25.2 Å². The Morgan fingerprint density at radius 2 is 2.07 bits per heavy atom. The number of aromatic hydroxyl groups is 1. The number of carbonyl (C=O) groups is 2. The molecule has 2 rings (SSSR count). The molecule has 4 N–H and O–H groups in total. The number of aryl methyl sites for hydroxylation is 2. The minimum atomic E-state index is -0.254. The molecule has 1 aromatic carbocycles. The molecule has 2 aromatic rings. The molecule has 0 bridgehead atoms. The number of aromatic nitrogens is 2.